The van der Waals surface area contributed by atoms with Crippen LogP contribution in [0.4, 0.5) is 0 Å². The molecule has 1 atom stereocenters. The minimum absolute atomic E-state index is 0.126. The molecule has 2 fully saturated rings. The maximum atomic E-state index is 12.4. The fraction of sp³-hybridized carbons (Fsp3) is 0.529. The molecule has 0 bridgehead atoms. The van der Waals surface area contributed by atoms with Crippen LogP contribution in [-0.4, -0.2) is 41.5 Å². The van der Waals surface area contributed by atoms with Crippen LogP contribution in [0.5, 0.6) is 0 Å². The first-order valence-electron chi connectivity index (χ1n) is 8.24. The van der Waals surface area contributed by atoms with Gasteiger partial charge in [-0.05, 0) is 50.1 Å². The Morgan fingerprint density at radius 2 is 2.35 bits per heavy atom. The molecule has 6 heteroatoms. The van der Waals surface area contributed by atoms with E-state index in [9.17, 15) is 4.79 Å². The smallest absolute Gasteiger partial charge is 0.273 e. The number of hydrogen-bond donors (Lipinski definition) is 1. The van der Waals surface area contributed by atoms with Gasteiger partial charge in [-0.2, -0.15) is 0 Å². The predicted molar refractivity (Wildman–Crippen MR) is 89.6 cm³/mol. The number of carbonyl (C=O) groups excluding carboxylic acids is 1. The number of rotatable bonds is 5. The molecular formula is C17H21N3O2S. The highest BCUT2D eigenvalue weighted by Gasteiger charge is 2.34. The van der Waals surface area contributed by atoms with E-state index in [0.29, 0.717) is 23.3 Å². The van der Waals surface area contributed by atoms with Crippen molar-refractivity contribution in [2.75, 3.05) is 19.6 Å². The van der Waals surface area contributed by atoms with Gasteiger partial charge in [0.25, 0.3) is 5.91 Å². The van der Waals surface area contributed by atoms with Gasteiger partial charge >= 0.3 is 0 Å². The van der Waals surface area contributed by atoms with Crippen molar-refractivity contribution in [2.45, 2.75) is 32.2 Å². The Kier molecular flexibility index (Phi) is 3.95. The summed E-state index contributed by atoms with van der Waals surface area (Å²) in [5.41, 5.74) is 0.408. The van der Waals surface area contributed by atoms with E-state index >= 15 is 0 Å². The van der Waals surface area contributed by atoms with Crippen molar-refractivity contribution in [3.05, 3.63) is 29.0 Å². The van der Waals surface area contributed by atoms with Crippen LogP contribution in [0.3, 0.4) is 0 Å². The van der Waals surface area contributed by atoms with Gasteiger partial charge in [0.2, 0.25) is 5.89 Å². The number of carbonyl (C=O) groups is 1. The summed E-state index contributed by atoms with van der Waals surface area (Å²) in [6, 6.07) is 4.72. The highest BCUT2D eigenvalue weighted by molar-refractivity contribution is 7.13. The second-order valence-electron chi connectivity index (χ2n) is 6.49. The van der Waals surface area contributed by atoms with E-state index in [1.54, 1.807) is 18.3 Å². The number of likely N-dealkylation sites (tertiary alicyclic amines) is 1. The average Bonchev–Trinajstić information content (AvgIpc) is 2.96. The van der Waals surface area contributed by atoms with E-state index in [1.807, 2.05) is 17.5 Å². The fourth-order valence-electron chi connectivity index (χ4n) is 3.23. The zero-order valence-corrected chi connectivity index (χ0v) is 14.1. The molecule has 5 nitrogen and oxygen atoms in total. The summed E-state index contributed by atoms with van der Waals surface area (Å²) in [6.45, 7) is 4.81. The van der Waals surface area contributed by atoms with E-state index in [0.717, 1.165) is 24.0 Å². The molecule has 23 heavy (non-hydrogen) atoms. The van der Waals surface area contributed by atoms with Crippen molar-refractivity contribution in [3.8, 4) is 10.8 Å². The number of hydrogen-bond acceptors (Lipinski definition) is 5. The summed E-state index contributed by atoms with van der Waals surface area (Å²) >= 11 is 1.56. The van der Waals surface area contributed by atoms with Crippen LogP contribution in [0.2, 0.25) is 0 Å². The molecule has 1 saturated carbocycles. The van der Waals surface area contributed by atoms with Gasteiger partial charge in [0.15, 0.2) is 5.69 Å². The lowest BCUT2D eigenvalue weighted by Crippen LogP contribution is -2.32. The second-order valence-corrected chi connectivity index (χ2v) is 7.44. The lowest BCUT2D eigenvalue weighted by Gasteiger charge is -2.14. The fourth-order valence-corrected chi connectivity index (χ4v) is 3.88. The largest absolute Gasteiger partial charge is 0.440 e. The Hall–Kier alpha value is -1.66. The van der Waals surface area contributed by atoms with Crippen LogP contribution in [-0.2, 0) is 0 Å². The summed E-state index contributed by atoms with van der Waals surface area (Å²) in [5, 5.41) is 5.01. The van der Waals surface area contributed by atoms with Crippen molar-refractivity contribution in [2.24, 2.45) is 5.92 Å². The first-order valence-corrected chi connectivity index (χ1v) is 9.12. The molecule has 2 aromatic rings. The summed E-state index contributed by atoms with van der Waals surface area (Å²) in [4.78, 5) is 20.3. The number of aromatic nitrogens is 1. The van der Waals surface area contributed by atoms with Crippen LogP contribution in [0.1, 0.15) is 35.5 Å². The zero-order valence-electron chi connectivity index (χ0n) is 13.2. The Bertz CT molecular complexity index is 691. The predicted octanol–water partition coefficient (Wildman–Crippen LogP) is 2.93. The third-order valence-electron chi connectivity index (χ3n) is 4.68. The molecule has 1 saturated heterocycles. The van der Waals surface area contributed by atoms with E-state index in [2.05, 4.69) is 15.2 Å². The van der Waals surface area contributed by atoms with Gasteiger partial charge in [-0.15, -0.1) is 11.3 Å². The first kappa shape index (κ1) is 14.9. The number of aryl methyl sites for hydroxylation is 1. The molecule has 1 aliphatic heterocycles. The van der Waals surface area contributed by atoms with Gasteiger partial charge in [0.05, 0.1) is 4.88 Å². The van der Waals surface area contributed by atoms with Crippen LogP contribution < -0.4 is 5.32 Å². The Morgan fingerprint density at radius 1 is 1.48 bits per heavy atom. The summed E-state index contributed by atoms with van der Waals surface area (Å²) in [6.07, 6.45) is 3.88. The molecule has 0 radical (unpaired) electrons. The highest BCUT2D eigenvalue weighted by Crippen LogP contribution is 2.31. The quantitative estimate of drug-likeness (QED) is 0.915. The zero-order chi connectivity index (χ0) is 15.8. The van der Waals surface area contributed by atoms with Crippen LogP contribution in [0.25, 0.3) is 10.8 Å². The normalized spacial score (nSPS) is 21.7. The summed E-state index contributed by atoms with van der Waals surface area (Å²) < 4.78 is 5.64. The monoisotopic (exact) mass is 331 g/mol. The minimum atomic E-state index is -0.126. The standard InChI is InChI=1S/C17H21N3O2S/c1-11-15(19-17(22-11)14-3-2-8-23-14)16(21)18-9-12-6-7-20(10-12)13-4-5-13/h2-3,8,12-13H,4-7,9-10H2,1H3,(H,18,21)/t12-/m1/s1. The Labute approximate surface area is 139 Å². The van der Waals surface area contributed by atoms with Gasteiger partial charge in [0.1, 0.15) is 5.76 Å². The van der Waals surface area contributed by atoms with Gasteiger partial charge in [-0.25, -0.2) is 4.98 Å². The lowest BCUT2D eigenvalue weighted by molar-refractivity contribution is 0.0941. The van der Waals surface area contributed by atoms with Gasteiger partial charge < -0.3 is 14.6 Å². The van der Waals surface area contributed by atoms with Crippen molar-refractivity contribution in [1.29, 1.82) is 0 Å². The molecule has 4 rings (SSSR count). The van der Waals surface area contributed by atoms with Gasteiger partial charge in [0, 0.05) is 19.1 Å². The highest BCUT2D eigenvalue weighted by atomic mass is 32.1. The number of nitrogens with zero attached hydrogens (tertiary/aromatic N) is 2. The van der Waals surface area contributed by atoms with Crippen LogP contribution in [0.15, 0.2) is 21.9 Å². The maximum absolute atomic E-state index is 12.4. The molecule has 2 aromatic heterocycles. The molecule has 1 aliphatic carbocycles. The van der Waals surface area contributed by atoms with E-state index in [4.69, 9.17) is 4.42 Å². The Balaban J connectivity index is 1.36. The molecule has 1 amide bonds. The number of nitrogens with one attached hydrogen (secondary N) is 1. The lowest BCUT2D eigenvalue weighted by atomic mass is 10.1. The van der Waals surface area contributed by atoms with Gasteiger partial charge in [-0.3, -0.25) is 4.79 Å². The topological polar surface area (TPSA) is 58.4 Å². The van der Waals surface area contributed by atoms with E-state index < -0.39 is 0 Å². The Morgan fingerprint density at radius 3 is 3.09 bits per heavy atom. The summed E-state index contributed by atoms with van der Waals surface area (Å²) in [5.74, 6) is 1.54. The second kappa shape index (κ2) is 6.09. The number of amides is 1. The van der Waals surface area contributed by atoms with Crippen molar-refractivity contribution in [3.63, 3.8) is 0 Å². The molecule has 3 heterocycles. The summed E-state index contributed by atoms with van der Waals surface area (Å²) in [7, 11) is 0. The van der Waals surface area contributed by atoms with Crippen molar-refractivity contribution < 1.29 is 9.21 Å². The third-order valence-corrected chi connectivity index (χ3v) is 5.53. The van der Waals surface area contributed by atoms with E-state index in [1.165, 1.54) is 25.8 Å². The van der Waals surface area contributed by atoms with Crippen LogP contribution in [0, 0.1) is 12.8 Å². The SMILES string of the molecule is Cc1oc(-c2cccs2)nc1C(=O)NC[C@H]1CCN(C2CC2)C1. The first-order chi connectivity index (χ1) is 11.2. The maximum Gasteiger partial charge on any atom is 0.273 e. The molecule has 2 aliphatic rings. The van der Waals surface area contributed by atoms with Gasteiger partial charge in [-0.1, -0.05) is 6.07 Å². The minimum Gasteiger partial charge on any atom is -0.440 e. The molecule has 0 spiro atoms. The number of thiophene rings is 1. The molecular weight excluding hydrogens is 310 g/mol. The molecule has 0 unspecified atom stereocenters. The third kappa shape index (κ3) is 3.19. The van der Waals surface area contributed by atoms with Crippen LogP contribution >= 0.6 is 11.3 Å². The molecule has 0 aromatic carbocycles. The average molecular weight is 331 g/mol. The van der Waals surface area contributed by atoms with E-state index in [-0.39, 0.29) is 5.91 Å². The van der Waals surface area contributed by atoms with Crippen molar-refractivity contribution >= 4 is 17.2 Å². The molecule has 122 valence electrons. The molecule has 1 N–H and O–H groups in total. The van der Waals surface area contributed by atoms with Crippen molar-refractivity contribution in [1.82, 2.24) is 15.2 Å². The number of oxazole rings is 1.